The number of carbonyl (C=O) groups excluding carboxylic acids is 1. The number of hydrogen-bond acceptors (Lipinski definition) is 3. The van der Waals surface area contributed by atoms with Crippen LogP contribution >= 0.6 is 0 Å². The first-order valence-corrected chi connectivity index (χ1v) is 6.30. The Kier molecular flexibility index (Phi) is 3.79. The molecule has 106 valence electrons. The van der Waals surface area contributed by atoms with Gasteiger partial charge in [-0.15, -0.1) is 0 Å². The van der Waals surface area contributed by atoms with Crippen LogP contribution in [0.25, 0.3) is 10.9 Å². The first-order chi connectivity index (χ1) is 9.42. The van der Waals surface area contributed by atoms with E-state index in [1.54, 1.807) is 10.8 Å². The van der Waals surface area contributed by atoms with Crippen LogP contribution in [0, 0.1) is 13.8 Å². The fourth-order valence-electron chi connectivity index (χ4n) is 2.55. The summed E-state index contributed by atoms with van der Waals surface area (Å²) in [5, 5.41) is 9.92. The minimum Gasteiger partial charge on any atom is -0.480 e. The number of aryl methyl sites for hydroxylation is 2. The van der Waals surface area contributed by atoms with Crippen LogP contribution in [0.1, 0.15) is 16.7 Å². The topological polar surface area (TPSA) is 68.5 Å². The molecular formula is C15H17NO4. The van der Waals surface area contributed by atoms with Crippen molar-refractivity contribution in [1.29, 1.82) is 0 Å². The molecule has 2 rings (SSSR count). The number of esters is 1. The number of carbonyl (C=O) groups is 2. The lowest BCUT2D eigenvalue weighted by Crippen LogP contribution is -2.07. The van der Waals surface area contributed by atoms with Gasteiger partial charge in [-0.3, -0.25) is 9.59 Å². The molecule has 0 saturated heterocycles. The number of fused-ring (bicyclic) bond motifs is 1. The minimum atomic E-state index is -0.911. The monoisotopic (exact) mass is 275 g/mol. The summed E-state index contributed by atoms with van der Waals surface area (Å²) in [6, 6.07) is 3.96. The maximum Gasteiger partial charge on any atom is 0.323 e. The van der Waals surface area contributed by atoms with Gasteiger partial charge in [0.25, 0.3) is 0 Å². The molecule has 0 aliphatic heterocycles. The molecule has 5 nitrogen and oxygen atoms in total. The molecule has 0 fully saturated rings. The normalized spacial score (nSPS) is 10.8. The smallest absolute Gasteiger partial charge is 0.323 e. The zero-order chi connectivity index (χ0) is 14.9. The molecular weight excluding hydrogens is 258 g/mol. The Labute approximate surface area is 116 Å². The van der Waals surface area contributed by atoms with E-state index in [9.17, 15) is 9.59 Å². The van der Waals surface area contributed by atoms with Crippen molar-refractivity contribution >= 4 is 22.8 Å². The highest BCUT2D eigenvalue weighted by atomic mass is 16.5. The first kappa shape index (κ1) is 14.1. The summed E-state index contributed by atoms with van der Waals surface area (Å²) >= 11 is 0. The van der Waals surface area contributed by atoms with Crippen LogP contribution in [0.3, 0.4) is 0 Å². The van der Waals surface area contributed by atoms with Crippen molar-refractivity contribution in [3.8, 4) is 0 Å². The molecule has 0 unspecified atom stereocenters. The third kappa shape index (κ3) is 2.66. The zero-order valence-corrected chi connectivity index (χ0v) is 11.8. The van der Waals surface area contributed by atoms with E-state index in [1.807, 2.05) is 26.0 Å². The largest absolute Gasteiger partial charge is 0.480 e. The number of aliphatic carboxylic acids is 1. The Hall–Kier alpha value is -2.30. The van der Waals surface area contributed by atoms with Gasteiger partial charge >= 0.3 is 11.9 Å². The highest BCUT2D eigenvalue weighted by Crippen LogP contribution is 2.27. The van der Waals surface area contributed by atoms with Crippen molar-refractivity contribution in [3.05, 3.63) is 35.0 Å². The van der Waals surface area contributed by atoms with Gasteiger partial charge in [0.2, 0.25) is 0 Å². The minimum absolute atomic E-state index is 0.124. The molecule has 0 radical (unpaired) electrons. The van der Waals surface area contributed by atoms with Gasteiger partial charge in [0, 0.05) is 17.1 Å². The van der Waals surface area contributed by atoms with Crippen LogP contribution in [-0.4, -0.2) is 28.7 Å². The third-order valence-electron chi connectivity index (χ3n) is 3.27. The molecule has 0 aliphatic carbocycles. The van der Waals surface area contributed by atoms with Crippen LogP contribution in [-0.2, 0) is 27.3 Å². The second-order valence-corrected chi connectivity index (χ2v) is 4.90. The number of hydrogen-bond donors (Lipinski definition) is 1. The third-order valence-corrected chi connectivity index (χ3v) is 3.27. The molecule has 1 heterocycles. The van der Waals surface area contributed by atoms with Crippen molar-refractivity contribution in [2.24, 2.45) is 0 Å². The number of rotatable bonds is 4. The predicted octanol–water partition coefficient (Wildman–Crippen LogP) is 2.06. The molecule has 0 bridgehead atoms. The van der Waals surface area contributed by atoms with E-state index in [0.717, 1.165) is 27.6 Å². The molecule has 0 amide bonds. The van der Waals surface area contributed by atoms with E-state index in [1.165, 1.54) is 7.11 Å². The maximum absolute atomic E-state index is 11.5. The second-order valence-electron chi connectivity index (χ2n) is 4.90. The fraction of sp³-hybridized carbons (Fsp3) is 0.333. The molecule has 2 aromatic rings. The van der Waals surface area contributed by atoms with E-state index in [4.69, 9.17) is 9.84 Å². The number of nitrogens with zero attached hydrogens (tertiary/aromatic N) is 1. The van der Waals surface area contributed by atoms with Crippen LogP contribution in [0.15, 0.2) is 18.3 Å². The summed E-state index contributed by atoms with van der Waals surface area (Å²) in [5.41, 5.74) is 3.72. The zero-order valence-electron chi connectivity index (χ0n) is 11.8. The van der Waals surface area contributed by atoms with Crippen LogP contribution < -0.4 is 0 Å². The average Bonchev–Trinajstić information content (AvgIpc) is 2.66. The summed E-state index contributed by atoms with van der Waals surface area (Å²) in [7, 11) is 1.34. The lowest BCUT2D eigenvalue weighted by atomic mass is 10.0. The maximum atomic E-state index is 11.5. The van der Waals surface area contributed by atoms with Crippen LogP contribution in [0.2, 0.25) is 0 Å². The Morgan fingerprint density at radius 3 is 2.60 bits per heavy atom. The van der Waals surface area contributed by atoms with Crippen molar-refractivity contribution in [2.45, 2.75) is 26.8 Å². The molecule has 0 aliphatic rings. The Morgan fingerprint density at radius 2 is 2.00 bits per heavy atom. The van der Waals surface area contributed by atoms with Gasteiger partial charge < -0.3 is 14.4 Å². The van der Waals surface area contributed by atoms with Gasteiger partial charge in [0.1, 0.15) is 6.54 Å². The van der Waals surface area contributed by atoms with E-state index in [2.05, 4.69) is 0 Å². The lowest BCUT2D eigenvalue weighted by molar-refractivity contribution is -0.140. The van der Waals surface area contributed by atoms with Gasteiger partial charge in [-0.05, 0) is 36.6 Å². The van der Waals surface area contributed by atoms with Crippen molar-refractivity contribution in [1.82, 2.24) is 4.57 Å². The highest BCUT2D eigenvalue weighted by molar-refractivity contribution is 5.91. The van der Waals surface area contributed by atoms with Crippen LogP contribution in [0.4, 0.5) is 0 Å². The first-order valence-electron chi connectivity index (χ1n) is 6.30. The summed E-state index contributed by atoms with van der Waals surface area (Å²) in [6.07, 6.45) is 1.87. The number of aromatic nitrogens is 1. The van der Waals surface area contributed by atoms with Gasteiger partial charge in [0.05, 0.1) is 13.5 Å². The van der Waals surface area contributed by atoms with E-state index < -0.39 is 5.97 Å². The molecule has 5 heteroatoms. The summed E-state index contributed by atoms with van der Waals surface area (Å²) < 4.78 is 6.36. The second kappa shape index (κ2) is 5.36. The molecule has 20 heavy (non-hydrogen) atoms. The van der Waals surface area contributed by atoms with Crippen molar-refractivity contribution < 1.29 is 19.4 Å². The van der Waals surface area contributed by atoms with E-state index in [-0.39, 0.29) is 18.9 Å². The number of carboxylic acid groups (broad SMARTS) is 1. The number of benzene rings is 1. The molecule has 1 N–H and O–H groups in total. The van der Waals surface area contributed by atoms with Crippen molar-refractivity contribution in [3.63, 3.8) is 0 Å². The Bertz CT molecular complexity index is 685. The van der Waals surface area contributed by atoms with E-state index in [0.29, 0.717) is 0 Å². The average molecular weight is 275 g/mol. The number of methoxy groups -OCH3 is 1. The standard InChI is InChI=1S/C15H17NO4/c1-9-4-10(2)15-11(6-14(19)20-3)7-16(8-13(17)18)12(15)5-9/h4-5,7H,6,8H2,1-3H3,(H,17,18). The molecule has 0 spiro atoms. The Morgan fingerprint density at radius 1 is 1.30 bits per heavy atom. The van der Waals surface area contributed by atoms with E-state index >= 15 is 0 Å². The summed E-state index contributed by atoms with van der Waals surface area (Å²) in [5.74, 6) is -1.25. The SMILES string of the molecule is COC(=O)Cc1cn(CC(=O)O)c2cc(C)cc(C)c12. The summed E-state index contributed by atoms with van der Waals surface area (Å²) in [6.45, 7) is 3.80. The summed E-state index contributed by atoms with van der Waals surface area (Å²) in [4.78, 5) is 22.4. The van der Waals surface area contributed by atoms with Crippen LogP contribution in [0.5, 0.6) is 0 Å². The number of ether oxygens (including phenoxy) is 1. The fourth-order valence-corrected chi connectivity index (χ4v) is 2.55. The van der Waals surface area contributed by atoms with Gasteiger partial charge in [0.15, 0.2) is 0 Å². The van der Waals surface area contributed by atoms with Gasteiger partial charge in [-0.2, -0.15) is 0 Å². The molecule has 1 aromatic carbocycles. The Balaban J connectivity index is 2.63. The quantitative estimate of drug-likeness (QED) is 0.867. The molecule has 1 aromatic heterocycles. The number of carboxylic acids is 1. The van der Waals surface area contributed by atoms with Gasteiger partial charge in [-0.25, -0.2) is 0 Å². The highest BCUT2D eigenvalue weighted by Gasteiger charge is 2.15. The molecule has 0 saturated carbocycles. The predicted molar refractivity (Wildman–Crippen MR) is 74.8 cm³/mol. The van der Waals surface area contributed by atoms with Crippen molar-refractivity contribution in [2.75, 3.05) is 7.11 Å². The van der Waals surface area contributed by atoms with Gasteiger partial charge in [-0.1, -0.05) is 6.07 Å². The molecule has 0 atom stereocenters. The lowest BCUT2D eigenvalue weighted by Gasteiger charge is -2.05.